The summed E-state index contributed by atoms with van der Waals surface area (Å²) in [6.45, 7) is 5.61. The third-order valence-electron chi connectivity index (χ3n) is 5.04. The van der Waals surface area contributed by atoms with Crippen molar-refractivity contribution in [2.45, 2.75) is 20.8 Å². The molecule has 7 nitrogen and oxygen atoms in total. The van der Waals surface area contributed by atoms with Gasteiger partial charge in [0.2, 0.25) is 0 Å². The highest BCUT2D eigenvalue weighted by Gasteiger charge is 2.15. The average molecular weight is 478 g/mol. The van der Waals surface area contributed by atoms with Gasteiger partial charge in [-0.25, -0.2) is 10.4 Å². The van der Waals surface area contributed by atoms with Crippen molar-refractivity contribution in [1.82, 2.24) is 19.8 Å². The molecule has 2 aromatic carbocycles. The molecule has 0 saturated carbocycles. The zero-order valence-electron chi connectivity index (χ0n) is 17.3. The van der Waals surface area contributed by atoms with Crippen LogP contribution in [0, 0.1) is 20.8 Å². The second kappa shape index (κ2) is 8.31. The fourth-order valence-corrected chi connectivity index (χ4v) is 4.02. The summed E-state index contributed by atoms with van der Waals surface area (Å²) in [5.74, 6) is 0.263. The number of benzene rings is 2. The molecule has 4 aromatic rings. The van der Waals surface area contributed by atoms with Crippen LogP contribution < -0.4 is 11.0 Å². The van der Waals surface area contributed by atoms with Crippen LogP contribution in [-0.2, 0) is 0 Å². The molecule has 0 aliphatic heterocycles. The molecule has 0 atom stereocenters. The van der Waals surface area contributed by atoms with Gasteiger partial charge in [-0.15, -0.1) is 0 Å². The van der Waals surface area contributed by atoms with Crippen LogP contribution in [0.1, 0.15) is 33.1 Å². The van der Waals surface area contributed by atoms with Crippen molar-refractivity contribution in [1.29, 1.82) is 0 Å². The van der Waals surface area contributed by atoms with Crippen LogP contribution in [-0.4, -0.2) is 26.5 Å². The first-order valence-corrected chi connectivity index (χ1v) is 10.4. The fraction of sp³-hybridized carbons (Fsp3) is 0.130. The van der Waals surface area contributed by atoms with E-state index in [2.05, 4.69) is 31.4 Å². The summed E-state index contributed by atoms with van der Waals surface area (Å²) in [6, 6.07) is 16.3. The van der Waals surface area contributed by atoms with E-state index in [0.717, 1.165) is 17.0 Å². The average Bonchev–Trinajstić information content (AvgIpc) is 3.02. The third kappa shape index (κ3) is 3.82. The summed E-state index contributed by atoms with van der Waals surface area (Å²) in [6.07, 6.45) is 1.57. The van der Waals surface area contributed by atoms with Gasteiger partial charge in [-0.05, 0) is 67.0 Å². The first kappa shape index (κ1) is 20.7. The number of rotatable bonds is 4. The number of amides is 1. The van der Waals surface area contributed by atoms with E-state index in [4.69, 9.17) is 0 Å². The highest BCUT2D eigenvalue weighted by Crippen LogP contribution is 2.17. The lowest BCUT2D eigenvalue weighted by Crippen LogP contribution is -2.30. The lowest BCUT2D eigenvalue weighted by molar-refractivity contribution is 0.0954. The number of aromatic nitrogens is 3. The van der Waals surface area contributed by atoms with Gasteiger partial charge in [-0.1, -0.05) is 24.3 Å². The maximum absolute atomic E-state index is 13.2. The van der Waals surface area contributed by atoms with Crippen molar-refractivity contribution in [3.63, 3.8) is 0 Å². The van der Waals surface area contributed by atoms with Crippen LogP contribution in [0.5, 0.6) is 0 Å². The summed E-state index contributed by atoms with van der Waals surface area (Å²) in [5.41, 5.74) is 5.99. The summed E-state index contributed by atoms with van der Waals surface area (Å²) in [5, 5.41) is 4.65. The van der Waals surface area contributed by atoms with Crippen LogP contribution in [0.2, 0.25) is 0 Å². The lowest BCUT2D eigenvalue weighted by atomic mass is 10.2. The highest BCUT2D eigenvalue weighted by atomic mass is 79.9. The first-order valence-electron chi connectivity index (χ1n) is 9.64. The number of carbonyl (C=O) groups is 1. The Morgan fingerprint density at radius 1 is 1.06 bits per heavy atom. The van der Waals surface area contributed by atoms with Gasteiger partial charge in [0.1, 0.15) is 5.82 Å². The molecule has 0 aliphatic rings. The minimum atomic E-state index is -0.316. The number of para-hydroxylation sites is 1. The number of hydrogen-bond acceptors (Lipinski definition) is 4. The fourth-order valence-electron chi connectivity index (χ4n) is 3.55. The number of aryl methyl sites for hydroxylation is 2. The summed E-state index contributed by atoms with van der Waals surface area (Å²) in [4.78, 5) is 30.1. The Bertz CT molecular complexity index is 1400. The van der Waals surface area contributed by atoms with E-state index in [9.17, 15) is 9.59 Å². The van der Waals surface area contributed by atoms with Gasteiger partial charge in [-0.2, -0.15) is 9.78 Å². The van der Waals surface area contributed by atoms with Crippen LogP contribution >= 0.6 is 15.9 Å². The van der Waals surface area contributed by atoms with E-state index in [1.165, 1.54) is 0 Å². The molecular formula is C23H20BrN5O2. The van der Waals surface area contributed by atoms with E-state index in [1.54, 1.807) is 42.1 Å². The first-order chi connectivity index (χ1) is 14.9. The maximum atomic E-state index is 13.2. The van der Waals surface area contributed by atoms with E-state index in [1.807, 2.05) is 48.9 Å². The Kier molecular flexibility index (Phi) is 5.56. The van der Waals surface area contributed by atoms with Crippen molar-refractivity contribution in [3.8, 4) is 0 Å². The number of hydrogen-bond donors (Lipinski definition) is 1. The largest absolute Gasteiger partial charge is 0.280 e. The molecule has 31 heavy (non-hydrogen) atoms. The molecule has 0 unspecified atom stereocenters. The van der Waals surface area contributed by atoms with E-state index in [0.29, 0.717) is 26.8 Å². The van der Waals surface area contributed by atoms with Gasteiger partial charge in [0.15, 0.2) is 0 Å². The Hall–Kier alpha value is -3.52. The zero-order chi connectivity index (χ0) is 22.1. The van der Waals surface area contributed by atoms with Crippen molar-refractivity contribution in [2.24, 2.45) is 5.10 Å². The predicted octanol–water partition coefficient (Wildman–Crippen LogP) is 3.96. The van der Waals surface area contributed by atoms with Crippen molar-refractivity contribution in [2.75, 3.05) is 0 Å². The molecule has 0 fully saturated rings. The predicted molar refractivity (Wildman–Crippen MR) is 125 cm³/mol. The molecule has 0 bridgehead atoms. The molecule has 0 radical (unpaired) electrons. The molecule has 156 valence electrons. The van der Waals surface area contributed by atoms with Gasteiger partial charge in [0, 0.05) is 21.4 Å². The molecule has 0 saturated heterocycles. The van der Waals surface area contributed by atoms with Crippen molar-refractivity contribution in [3.05, 3.63) is 97.8 Å². The van der Waals surface area contributed by atoms with Crippen LogP contribution in [0.3, 0.4) is 0 Å². The van der Waals surface area contributed by atoms with Crippen LogP contribution in [0.4, 0.5) is 0 Å². The van der Waals surface area contributed by atoms with Gasteiger partial charge < -0.3 is 0 Å². The Morgan fingerprint density at radius 2 is 1.77 bits per heavy atom. The van der Waals surface area contributed by atoms with E-state index >= 15 is 0 Å². The molecule has 4 rings (SSSR count). The monoisotopic (exact) mass is 477 g/mol. The molecule has 0 aliphatic carbocycles. The third-order valence-corrected chi connectivity index (χ3v) is 5.73. The van der Waals surface area contributed by atoms with Gasteiger partial charge >= 0.3 is 0 Å². The summed E-state index contributed by atoms with van der Waals surface area (Å²) >= 11 is 3.36. The van der Waals surface area contributed by atoms with Gasteiger partial charge in [-0.3, -0.25) is 14.3 Å². The Morgan fingerprint density at radius 3 is 2.55 bits per heavy atom. The van der Waals surface area contributed by atoms with Crippen molar-refractivity contribution >= 4 is 39.0 Å². The second-order valence-electron chi connectivity index (χ2n) is 7.11. The van der Waals surface area contributed by atoms with Gasteiger partial charge in [0.05, 0.1) is 22.7 Å². The van der Waals surface area contributed by atoms with Crippen LogP contribution in [0.25, 0.3) is 10.9 Å². The number of halogens is 1. The standard InChI is InChI=1S/C23H20BrN5O2/c1-14-12-17(13-25-27-22(30)18-8-4-6-10-20(18)24)15(2)28(14)29-16(3)26-21-11-7-5-9-19(21)23(29)31/h4-13H,1-3H3,(H,27,30). The molecule has 2 heterocycles. The van der Waals surface area contributed by atoms with E-state index in [-0.39, 0.29) is 11.5 Å². The Labute approximate surface area is 187 Å². The minimum absolute atomic E-state index is 0.143. The molecule has 8 heteroatoms. The quantitative estimate of drug-likeness (QED) is 0.356. The number of nitrogens with zero attached hydrogens (tertiary/aromatic N) is 4. The molecule has 0 spiro atoms. The molecular weight excluding hydrogens is 458 g/mol. The summed E-state index contributed by atoms with van der Waals surface area (Å²) in [7, 11) is 0. The number of hydrazone groups is 1. The second-order valence-corrected chi connectivity index (χ2v) is 7.96. The number of nitrogens with one attached hydrogen (secondary N) is 1. The normalized spacial score (nSPS) is 11.4. The maximum Gasteiger partial charge on any atom is 0.280 e. The van der Waals surface area contributed by atoms with Gasteiger partial charge in [0.25, 0.3) is 11.5 Å². The van der Waals surface area contributed by atoms with Crippen LogP contribution in [0.15, 0.2) is 69.0 Å². The molecule has 1 N–H and O–H groups in total. The molecule has 1 amide bonds. The highest BCUT2D eigenvalue weighted by molar-refractivity contribution is 9.10. The minimum Gasteiger partial charge on any atom is -0.267 e. The number of fused-ring (bicyclic) bond motifs is 1. The number of carbonyl (C=O) groups excluding carboxylic acids is 1. The Balaban J connectivity index is 1.68. The molecule has 2 aromatic heterocycles. The lowest BCUT2D eigenvalue weighted by Gasteiger charge is -2.16. The smallest absolute Gasteiger partial charge is 0.267 e. The zero-order valence-corrected chi connectivity index (χ0v) is 18.8. The summed E-state index contributed by atoms with van der Waals surface area (Å²) < 4.78 is 4.07. The van der Waals surface area contributed by atoms with Crippen molar-refractivity contribution < 1.29 is 4.79 Å². The SMILES string of the molecule is Cc1cc(C=NNC(=O)c2ccccc2Br)c(C)n1-n1c(C)nc2ccccc2c1=O. The van der Waals surface area contributed by atoms with E-state index < -0.39 is 0 Å². The topological polar surface area (TPSA) is 81.3 Å².